The highest BCUT2D eigenvalue weighted by molar-refractivity contribution is 6.42. The monoisotopic (exact) mass is 323 g/mol. The Balaban J connectivity index is 2.08. The molecule has 110 valence electrons. The molecule has 21 heavy (non-hydrogen) atoms. The molecule has 0 saturated heterocycles. The van der Waals surface area contributed by atoms with Crippen molar-refractivity contribution < 1.29 is 9.53 Å². The molecule has 2 aromatic rings. The summed E-state index contributed by atoms with van der Waals surface area (Å²) in [5.41, 5.74) is 2.22. The summed E-state index contributed by atoms with van der Waals surface area (Å²) in [6.45, 7) is 2.65. The van der Waals surface area contributed by atoms with Gasteiger partial charge in [0.15, 0.2) is 0 Å². The van der Waals surface area contributed by atoms with Crippen molar-refractivity contribution in [1.82, 2.24) is 0 Å². The summed E-state index contributed by atoms with van der Waals surface area (Å²) >= 11 is 12.1. The number of esters is 1. The van der Waals surface area contributed by atoms with E-state index in [1.54, 1.807) is 31.2 Å². The molecule has 0 aliphatic rings. The molecular weight excluding hydrogens is 309 g/mol. The average molecular weight is 324 g/mol. The van der Waals surface area contributed by atoms with E-state index in [9.17, 15) is 4.79 Å². The highest BCUT2D eigenvalue weighted by Gasteiger charge is 2.07. The molecule has 0 aromatic heterocycles. The van der Waals surface area contributed by atoms with Crippen molar-refractivity contribution in [3.63, 3.8) is 0 Å². The minimum absolute atomic E-state index is 0.332. The van der Waals surface area contributed by atoms with Crippen molar-refractivity contribution in [3.8, 4) is 0 Å². The Hall–Kier alpha value is -1.71. The molecule has 0 saturated carbocycles. The number of anilines is 1. The Bertz CT molecular complexity index is 644. The number of halogens is 2. The summed E-state index contributed by atoms with van der Waals surface area (Å²) in [7, 11) is 0. The fraction of sp³-hybridized carbons (Fsp3) is 0.188. The predicted molar refractivity (Wildman–Crippen MR) is 86.2 cm³/mol. The van der Waals surface area contributed by atoms with Crippen LogP contribution >= 0.6 is 23.2 Å². The van der Waals surface area contributed by atoms with Crippen LogP contribution in [-0.4, -0.2) is 12.6 Å². The van der Waals surface area contributed by atoms with E-state index in [0.29, 0.717) is 28.8 Å². The maximum Gasteiger partial charge on any atom is 0.338 e. The summed E-state index contributed by atoms with van der Waals surface area (Å²) in [6, 6.07) is 12.6. The van der Waals surface area contributed by atoms with Crippen LogP contribution in [0, 0.1) is 0 Å². The minimum atomic E-state index is -0.332. The first-order valence-electron chi connectivity index (χ1n) is 6.55. The second-order valence-electron chi connectivity index (χ2n) is 4.37. The Morgan fingerprint density at radius 3 is 2.71 bits per heavy atom. The summed E-state index contributed by atoms with van der Waals surface area (Å²) in [6.07, 6.45) is 0. The molecule has 2 rings (SSSR count). The molecule has 3 nitrogen and oxygen atoms in total. The zero-order valence-electron chi connectivity index (χ0n) is 11.5. The van der Waals surface area contributed by atoms with E-state index in [1.165, 1.54) is 0 Å². The number of nitrogens with one attached hydrogen (secondary N) is 1. The second kappa shape index (κ2) is 7.34. The van der Waals surface area contributed by atoms with E-state index in [0.717, 1.165) is 11.3 Å². The molecule has 2 aromatic carbocycles. The van der Waals surface area contributed by atoms with Crippen molar-refractivity contribution in [2.45, 2.75) is 13.5 Å². The van der Waals surface area contributed by atoms with Crippen LogP contribution in [0.3, 0.4) is 0 Å². The molecule has 0 heterocycles. The molecule has 0 fully saturated rings. The fourth-order valence-corrected chi connectivity index (χ4v) is 2.24. The van der Waals surface area contributed by atoms with Gasteiger partial charge in [-0.25, -0.2) is 4.79 Å². The molecule has 0 unspecified atom stereocenters. The molecule has 0 aliphatic carbocycles. The normalized spacial score (nSPS) is 10.2. The second-order valence-corrected chi connectivity index (χ2v) is 5.15. The Labute approximate surface area is 133 Å². The quantitative estimate of drug-likeness (QED) is 0.804. The fourth-order valence-electron chi connectivity index (χ4n) is 1.85. The molecule has 0 aliphatic heterocycles. The van der Waals surface area contributed by atoms with Crippen LogP contribution in [0.5, 0.6) is 0 Å². The van der Waals surface area contributed by atoms with Crippen LogP contribution < -0.4 is 5.32 Å². The van der Waals surface area contributed by atoms with E-state index >= 15 is 0 Å². The van der Waals surface area contributed by atoms with E-state index in [-0.39, 0.29) is 5.97 Å². The third-order valence-corrected chi connectivity index (χ3v) is 3.75. The number of benzene rings is 2. The lowest BCUT2D eigenvalue weighted by Gasteiger charge is -2.10. The minimum Gasteiger partial charge on any atom is -0.462 e. The van der Waals surface area contributed by atoms with E-state index in [1.807, 2.05) is 18.2 Å². The van der Waals surface area contributed by atoms with Gasteiger partial charge in [0.2, 0.25) is 0 Å². The van der Waals surface area contributed by atoms with Gasteiger partial charge in [0.25, 0.3) is 0 Å². The van der Waals surface area contributed by atoms with Gasteiger partial charge >= 0.3 is 5.97 Å². The van der Waals surface area contributed by atoms with Crippen LogP contribution in [0.2, 0.25) is 10.0 Å². The topological polar surface area (TPSA) is 38.3 Å². The van der Waals surface area contributed by atoms with Crippen LogP contribution in [0.15, 0.2) is 42.5 Å². The molecule has 0 amide bonds. The number of carbonyl (C=O) groups excluding carboxylic acids is 1. The molecule has 0 radical (unpaired) electrons. The van der Waals surface area contributed by atoms with Gasteiger partial charge in [0.05, 0.1) is 22.2 Å². The lowest BCUT2D eigenvalue weighted by molar-refractivity contribution is 0.0526. The first-order chi connectivity index (χ1) is 10.1. The van der Waals surface area contributed by atoms with Gasteiger partial charge in [-0.1, -0.05) is 41.4 Å². The summed E-state index contributed by atoms with van der Waals surface area (Å²) in [5.74, 6) is -0.332. The average Bonchev–Trinajstić information content (AvgIpc) is 2.49. The molecule has 0 bridgehead atoms. The van der Waals surface area contributed by atoms with E-state index in [4.69, 9.17) is 27.9 Å². The van der Waals surface area contributed by atoms with Crippen LogP contribution in [0.4, 0.5) is 5.69 Å². The smallest absolute Gasteiger partial charge is 0.338 e. The van der Waals surface area contributed by atoms with Gasteiger partial charge in [-0.05, 0) is 36.8 Å². The number of hydrogen-bond acceptors (Lipinski definition) is 3. The van der Waals surface area contributed by atoms with Crippen molar-refractivity contribution >= 4 is 34.9 Å². The largest absolute Gasteiger partial charge is 0.462 e. The van der Waals surface area contributed by atoms with Crippen molar-refractivity contribution in [2.75, 3.05) is 11.9 Å². The zero-order valence-corrected chi connectivity index (χ0v) is 13.0. The standard InChI is InChI=1S/C16H15Cl2NO2/c1-2-21-16(20)11-5-3-7-13(9-11)19-10-12-6-4-8-14(17)15(12)18/h3-9,19H,2,10H2,1H3. The third-order valence-electron chi connectivity index (χ3n) is 2.89. The lowest BCUT2D eigenvalue weighted by atomic mass is 10.2. The Morgan fingerprint density at radius 1 is 1.19 bits per heavy atom. The predicted octanol–water partition coefficient (Wildman–Crippen LogP) is 4.78. The molecular formula is C16H15Cl2NO2. The lowest BCUT2D eigenvalue weighted by Crippen LogP contribution is -2.06. The molecule has 5 heteroatoms. The first-order valence-corrected chi connectivity index (χ1v) is 7.31. The number of hydrogen-bond donors (Lipinski definition) is 1. The van der Waals surface area contributed by atoms with Crippen LogP contribution in [0.25, 0.3) is 0 Å². The maximum absolute atomic E-state index is 11.7. The van der Waals surface area contributed by atoms with Crippen LogP contribution in [0.1, 0.15) is 22.8 Å². The highest BCUT2D eigenvalue weighted by atomic mass is 35.5. The van der Waals surface area contributed by atoms with Gasteiger partial charge < -0.3 is 10.1 Å². The maximum atomic E-state index is 11.7. The first kappa shape index (κ1) is 15.7. The summed E-state index contributed by atoms with van der Waals surface area (Å²) < 4.78 is 4.98. The zero-order chi connectivity index (χ0) is 15.2. The third kappa shape index (κ3) is 4.13. The van der Waals surface area contributed by atoms with Crippen molar-refractivity contribution in [3.05, 3.63) is 63.6 Å². The van der Waals surface area contributed by atoms with Gasteiger partial charge in [0, 0.05) is 12.2 Å². The van der Waals surface area contributed by atoms with E-state index < -0.39 is 0 Å². The number of rotatable bonds is 5. The Morgan fingerprint density at radius 2 is 1.95 bits per heavy atom. The SMILES string of the molecule is CCOC(=O)c1cccc(NCc2cccc(Cl)c2Cl)c1. The number of ether oxygens (including phenoxy) is 1. The Kier molecular flexibility index (Phi) is 5.48. The highest BCUT2D eigenvalue weighted by Crippen LogP contribution is 2.26. The van der Waals surface area contributed by atoms with Crippen molar-refractivity contribution in [2.24, 2.45) is 0 Å². The van der Waals surface area contributed by atoms with E-state index in [2.05, 4.69) is 5.32 Å². The summed E-state index contributed by atoms with van der Waals surface area (Å²) in [4.78, 5) is 11.7. The molecule has 0 atom stereocenters. The summed E-state index contributed by atoms with van der Waals surface area (Å²) in [5, 5.41) is 4.28. The number of carbonyl (C=O) groups is 1. The molecule has 1 N–H and O–H groups in total. The van der Waals surface area contributed by atoms with Crippen molar-refractivity contribution in [1.29, 1.82) is 0 Å². The van der Waals surface area contributed by atoms with Gasteiger partial charge in [-0.2, -0.15) is 0 Å². The van der Waals surface area contributed by atoms with Crippen LogP contribution in [-0.2, 0) is 11.3 Å². The van der Waals surface area contributed by atoms with Gasteiger partial charge in [0.1, 0.15) is 0 Å². The van der Waals surface area contributed by atoms with Gasteiger partial charge in [-0.3, -0.25) is 0 Å². The molecule has 0 spiro atoms. The van der Waals surface area contributed by atoms with Gasteiger partial charge in [-0.15, -0.1) is 0 Å².